The minimum atomic E-state index is -0.406. The fourth-order valence-electron chi connectivity index (χ4n) is 2.58. The van der Waals surface area contributed by atoms with Gasteiger partial charge in [-0.05, 0) is 26.2 Å². The molecule has 8 heteroatoms. The Morgan fingerprint density at radius 3 is 2.36 bits per heavy atom. The quantitative estimate of drug-likeness (QED) is 0.593. The molecule has 1 aromatic heterocycles. The normalized spacial score (nSPS) is 14.4. The first-order valence-corrected chi connectivity index (χ1v) is 8.48. The third-order valence-electron chi connectivity index (χ3n) is 4.33. The highest BCUT2D eigenvalue weighted by molar-refractivity contribution is 5.82. The molecular formula is C17H28N4O4. The van der Waals surface area contributed by atoms with E-state index in [9.17, 15) is 14.4 Å². The van der Waals surface area contributed by atoms with E-state index < -0.39 is 11.8 Å². The second-order valence-electron chi connectivity index (χ2n) is 6.55. The van der Waals surface area contributed by atoms with Gasteiger partial charge < -0.3 is 9.64 Å². The van der Waals surface area contributed by atoms with E-state index in [2.05, 4.69) is 10.3 Å². The maximum absolute atomic E-state index is 12.5. The Morgan fingerprint density at radius 2 is 1.88 bits per heavy atom. The summed E-state index contributed by atoms with van der Waals surface area (Å²) < 4.78 is 6.67. The highest BCUT2D eigenvalue weighted by Crippen LogP contribution is 2.25. The van der Waals surface area contributed by atoms with Gasteiger partial charge >= 0.3 is 5.97 Å². The monoisotopic (exact) mass is 352 g/mol. The zero-order chi connectivity index (χ0) is 19.0. The van der Waals surface area contributed by atoms with E-state index in [1.54, 1.807) is 20.3 Å². The summed E-state index contributed by atoms with van der Waals surface area (Å²) in [6.07, 6.45) is 4.45. The fraction of sp³-hybridized carbons (Fsp3) is 0.706. The Bertz CT molecular complexity index is 571. The number of ether oxygens (including phenoxy) is 1. The van der Waals surface area contributed by atoms with Crippen LogP contribution in [0.2, 0.25) is 0 Å². The number of rotatable bonds is 10. The van der Waals surface area contributed by atoms with E-state index in [-0.39, 0.29) is 30.3 Å². The fourth-order valence-corrected chi connectivity index (χ4v) is 2.58. The van der Waals surface area contributed by atoms with Gasteiger partial charge in [-0.3, -0.25) is 14.4 Å². The van der Waals surface area contributed by atoms with E-state index in [0.29, 0.717) is 19.3 Å². The SMILES string of the molecule is CCC(CC(CC(C)C(C)=O)C(=O)N(C)C)C(=O)OCn1ccnn1. The largest absolute Gasteiger partial charge is 0.442 e. The van der Waals surface area contributed by atoms with Gasteiger partial charge in [0.1, 0.15) is 5.78 Å². The maximum atomic E-state index is 12.5. The lowest BCUT2D eigenvalue weighted by Crippen LogP contribution is -2.34. The standard InChI is InChI=1S/C17H28N4O4/c1-6-14(17(24)25-11-21-8-7-18-19-21)10-15(16(23)20(4)5)9-12(2)13(3)22/h7-8,12,14-15H,6,9-11H2,1-5H3. The summed E-state index contributed by atoms with van der Waals surface area (Å²) >= 11 is 0. The maximum Gasteiger partial charge on any atom is 0.310 e. The van der Waals surface area contributed by atoms with Gasteiger partial charge in [-0.25, -0.2) is 4.68 Å². The summed E-state index contributed by atoms with van der Waals surface area (Å²) in [4.78, 5) is 37.9. The van der Waals surface area contributed by atoms with Crippen molar-refractivity contribution in [2.75, 3.05) is 14.1 Å². The molecule has 0 aliphatic rings. The minimum absolute atomic E-state index is 0.00846. The van der Waals surface area contributed by atoms with Crippen molar-refractivity contribution in [1.29, 1.82) is 0 Å². The molecule has 0 aliphatic heterocycles. The van der Waals surface area contributed by atoms with Gasteiger partial charge in [0.05, 0.1) is 12.1 Å². The lowest BCUT2D eigenvalue weighted by atomic mass is 9.84. The zero-order valence-corrected chi connectivity index (χ0v) is 15.6. The van der Waals surface area contributed by atoms with Crippen LogP contribution in [0.3, 0.4) is 0 Å². The lowest BCUT2D eigenvalue weighted by molar-refractivity contribution is -0.154. The molecular weight excluding hydrogens is 324 g/mol. The highest BCUT2D eigenvalue weighted by Gasteiger charge is 2.30. The molecule has 0 bridgehead atoms. The molecule has 0 aliphatic carbocycles. The molecule has 3 atom stereocenters. The van der Waals surface area contributed by atoms with Gasteiger partial charge in [0.25, 0.3) is 0 Å². The molecule has 0 spiro atoms. The van der Waals surface area contributed by atoms with Crippen molar-refractivity contribution >= 4 is 17.7 Å². The summed E-state index contributed by atoms with van der Waals surface area (Å²) in [6.45, 7) is 5.20. The predicted molar refractivity (Wildman–Crippen MR) is 91.2 cm³/mol. The van der Waals surface area contributed by atoms with Crippen LogP contribution >= 0.6 is 0 Å². The van der Waals surface area contributed by atoms with Crippen LogP contribution in [-0.2, 0) is 25.9 Å². The number of carbonyl (C=O) groups is 3. The third kappa shape index (κ3) is 6.64. The highest BCUT2D eigenvalue weighted by atomic mass is 16.5. The van der Waals surface area contributed by atoms with E-state index >= 15 is 0 Å². The Balaban J connectivity index is 2.74. The van der Waals surface area contributed by atoms with Crippen LogP contribution < -0.4 is 0 Å². The number of nitrogens with zero attached hydrogens (tertiary/aromatic N) is 4. The first-order valence-electron chi connectivity index (χ1n) is 8.48. The molecule has 8 nitrogen and oxygen atoms in total. The predicted octanol–water partition coefficient (Wildman–Crippen LogP) is 1.51. The summed E-state index contributed by atoms with van der Waals surface area (Å²) in [6, 6.07) is 0. The van der Waals surface area contributed by atoms with Gasteiger partial charge in [-0.1, -0.05) is 19.1 Å². The van der Waals surface area contributed by atoms with Crippen molar-refractivity contribution in [1.82, 2.24) is 19.9 Å². The molecule has 3 unspecified atom stereocenters. The first-order chi connectivity index (χ1) is 11.8. The number of hydrogen-bond acceptors (Lipinski definition) is 6. The molecule has 1 rings (SSSR count). The Kier molecular flexibility index (Phi) is 8.24. The van der Waals surface area contributed by atoms with E-state index in [1.165, 1.54) is 22.7 Å². The number of Topliss-reactive ketones (excluding diaryl/α,β-unsaturated/α-hetero) is 1. The third-order valence-corrected chi connectivity index (χ3v) is 4.33. The van der Waals surface area contributed by atoms with Gasteiger partial charge in [-0.15, -0.1) is 5.10 Å². The van der Waals surface area contributed by atoms with Gasteiger partial charge in [0, 0.05) is 32.1 Å². The summed E-state index contributed by atoms with van der Waals surface area (Å²) in [5.41, 5.74) is 0. The molecule has 0 fully saturated rings. The molecule has 140 valence electrons. The Labute approximate surface area is 148 Å². The van der Waals surface area contributed by atoms with E-state index in [1.807, 2.05) is 13.8 Å². The van der Waals surface area contributed by atoms with Crippen LogP contribution in [0.1, 0.15) is 40.0 Å². The number of aromatic nitrogens is 3. The average Bonchev–Trinajstić information content (AvgIpc) is 3.08. The van der Waals surface area contributed by atoms with Crippen molar-refractivity contribution in [2.24, 2.45) is 17.8 Å². The molecule has 0 N–H and O–H groups in total. The van der Waals surface area contributed by atoms with Crippen LogP contribution in [0.25, 0.3) is 0 Å². The number of amides is 1. The van der Waals surface area contributed by atoms with Crippen molar-refractivity contribution < 1.29 is 19.1 Å². The van der Waals surface area contributed by atoms with Crippen LogP contribution in [0.5, 0.6) is 0 Å². The van der Waals surface area contributed by atoms with Crippen molar-refractivity contribution in [3.8, 4) is 0 Å². The first kappa shape index (κ1) is 20.8. The van der Waals surface area contributed by atoms with E-state index in [0.717, 1.165) is 0 Å². The molecule has 1 aromatic rings. The average molecular weight is 352 g/mol. The molecule has 1 amide bonds. The summed E-state index contributed by atoms with van der Waals surface area (Å²) in [5.74, 6) is -1.43. The number of carbonyl (C=O) groups excluding carboxylic acids is 3. The number of ketones is 1. The molecule has 0 aromatic carbocycles. The van der Waals surface area contributed by atoms with Gasteiger partial charge in [-0.2, -0.15) is 0 Å². The number of hydrogen-bond donors (Lipinski definition) is 0. The molecule has 25 heavy (non-hydrogen) atoms. The smallest absolute Gasteiger partial charge is 0.310 e. The van der Waals surface area contributed by atoms with E-state index in [4.69, 9.17) is 4.74 Å². The van der Waals surface area contributed by atoms with Crippen molar-refractivity contribution in [3.63, 3.8) is 0 Å². The topological polar surface area (TPSA) is 94.4 Å². The van der Waals surface area contributed by atoms with Crippen molar-refractivity contribution in [3.05, 3.63) is 12.4 Å². The van der Waals surface area contributed by atoms with Gasteiger partial charge in [0.15, 0.2) is 6.73 Å². The molecule has 0 saturated heterocycles. The van der Waals surface area contributed by atoms with Gasteiger partial charge in [0.2, 0.25) is 5.91 Å². The molecule has 0 radical (unpaired) electrons. The summed E-state index contributed by atoms with van der Waals surface area (Å²) in [7, 11) is 3.36. The van der Waals surface area contributed by atoms with Crippen molar-refractivity contribution in [2.45, 2.75) is 46.8 Å². The van der Waals surface area contributed by atoms with Crippen LogP contribution in [0.4, 0.5) is 0 Å². The Hall–Kier alpha value is -2.25. The zero-order valence-electron chi connectivity index (χ0n) is 15.6. The second-order valence-corrected chi connectivity index (χ2v) is 6.55. The Morgan fingerprint density at radius 1 is 1.20 bits per heavy atom. The second kappa shape index (κ2) is 9.90. The van der Waals surface area contributed by atoms with Crippen LogP contribution in [-0.4, -0.2) is 51.6 Å². The summed E-state index contributed by atoms with van der Waals surface area (Å²) in [5, 5.41) is 7.38. The molecule has 1 heterocycles. The van der Waals surface area contributed by atoms with Crippen LogP contribution in [0, 0.1) is 17.8 Å². The minimum Gasteiger partial charge on any atom is -0.442 e. The lowest BCUT2D eigenvalue weighted by Gasteiger charge is -2.25. The molecule has 0 saturated carbocycles. The van der Waals surface area contributed by atoms with Crippen LogP contribution in [0.15, 0.2) is 12.4 Å². The number of esters is 1.